The van der Waals surface area contributed by atoms with Gasteiger partial charge < -0.3 is 0 Å². The lowest BCUT2D eigenvalue weighted by atomic mass is 10.0. The Morgan fingerprint density at radius 2 is 1.56 bits per heavy atom. The van der Waals surface area contributed by atoms with Gasteiger partial charge in [-0.2, -0.15) is 0 Å². The molecule has 0 aliphatic carbocycles. The van der Waals surface area contributed by atoms with Gasteiger partial charge >= 0.3 is 0 Å². The summed E-state index contributed by atoms with van der Waals surface area (Å²) in [7, 11) is 0. The standard InChI is InChI=1S/C17H32O/c1-5-6-7-8-9-10-11-12-13-16(4)14-17(18)15(2)3/h13,15H,5-12,14H2,1-4H3. The number of ketones is 1. The maximum atomic E-state index is 11.5. The second-order valence-electron chi connectivity index (χ2n) is 5.76. The van der Waals surface area contributed by atoms with Crippen LogP contribution < -0.4 is 0 Å². The summed E-state index contributed by atoms with van der Waals surface area (Å²) < 4.78 is 0. The highest BCUT2D eigenvalue weighted by atomic mass is 16.1. The molecule has 0 amide bonds. The van der Waals surface area contributed by atoms with Gasteiger partial charge in [0.15, 0.2) is 0 Å². The fourth-order valence-electron chi connectivity index (χ4n) is 2.00. The summed E-state index contributed by atoms with van der Waals surface area (Å²) >= 11 is 0. The van der Waals surface area contributed by atoms with Crippen molar-refractivity contribution in [1.82, 2.24) is 0 Å². The maximum absolute atomic E-state index is 11.5. The van der Waals surface area contributed by atoms with E-state index in [9.17, 15) is 4.79 Å². The van der Waals surface area contributed by atoms with Crippen LogP contribution in [0.4, 0.5) is 0 Å². The summed E-state index contributed by atoms with van der Waals surface area (Å²) in [6, 6.07) is 0. The van der Waals surface area contributed by atoms with Gasteiger partial charge in [0.05, 0.1) is 0 Å². The Morgan fingerprint density at radius 1 is 1.00 bits per heavy atom. The van der Waals surface area contributed by atoms with Crippen LogP contribution in [0.25, 0.3) is 0 Å². The number of carbonyl (C=O) groups excluding carboxylic acids is 1. The average molecular weight is 252 g/mol. The smallest absolute Gasteiger partial charge is 0.139 e. The van der Waals surface area contributed by atoms with Crippen molar-refractivity contribution in [2.75, 3.05) is 0 Å². The molecule has 0 rings (SSSR count). The van der Waals surface area contributed by atoms with Gasteiger partial charge in [-0.05, 0) is 19.8 Å². The Kier molecular flexibility index (Phi) is 11.1. The third-order valence-electron chi connectivity index (χ3n) is 3.40. The molecule has 0 aliphatic rings. The van der Waals surface area contributed by atoms with Crippen LogP contribution in [-0.2, 0) is 4.79 Å². The van der Waals surface area contributed by atoms with Gasteiger partial charge in [0.1, 0.15) is 5.78 Å². The normalized spacial score (nSPS) is 12.2. The number of hydrogen-bond donors (Lipinski definition) is 0. The summed E-state index contributed by atoms with van der Waals surface area (Å²) in [5.41, 5.74) is 1.25. The zero-order valence-corrected chi connectivity index (χ0v) is 12.9. The fourth-order valence-corrected chi connectivity index (χ4v) is 2.00. The molecule has 0 aromatic carbocycles. The van der Waals surface area contributed by atoms with E-state index >= 15 is 0 Å². The van der Waals surface area contributed by atoms with Crippen LogP contribution in [0.1, 0.15) is 85.5 Å². The summed E-state index contributed by atoms with van der Waals surface area (Å²) in [6.07, 6.45) is 13.5. The van der Waals surface area contributed by atoms with Crippen molar-refractivity contribution in [2.45, 2.75) is 85.5 Å². The van der Waals surface area contributed by atoms with Gasteiger partial charge in [-0.1, -0.05) is 70.9 Å². The third-order valence-corrected chi connectivity index (χ3v) is 3.40. The zero-order valence-electron chi connectivity index (χ0n) is 12.9. The van der Waals surface area contributed by atoms with Crippen molar-refractivity contribution in [3.8, 4) is 0 Å². The van der Waals surface area contributed by atoms with Gasteiger partial charge in [-0.25, -0.2) is 0 Å². The highest BCUT2D eigenvalue weighted by Gasteiger charge is 2.06. The molecule has 0 bridgehead atoms. The monoisotopic (exact) mass is 252 g/mol. The third kappa shape index (κ3) is 10.6. The van der Waals surface area contributed by atoms with Crippen molar-refractivity contribution in [2.24, 2.45) is 5.92 Å². The van der Waals surface area contributed by atoms with Crippen LogP contribution in [0.3, 0.4) is 0 Å². The topological polar surface area (TPSA) is 17.1 Å². The van der Waals surface area contributed by atoms with E-state index in [2.05, 4.69) is 19.9 Å². The Bertz CT molecular complexity index is 238. The second-order valence-corrected chi connectivity index (χ2v) is 5.76. The minimum absolute atomic E-state index is 0.173. The van der Waals surface area contributed by atoms with Gasteiger partial charge in [-0.15, -0.1) is 0 Å². The van der Waals surface area contributed by atoms with Crippen LogP contribution in [-0.4, -0.2) is 5.78 Å². The second kappa shape index (κ2) is 11.5. The lowest BCUT2D eigenvalue weighted by Gasteiger charge is -2.04. The van der Waals surface area contributed by atoms with Crippen LogP contribution >= 0.6 is 0 Å². The Balaban J connectivity index is 3.48. The predicted molar refractivity (Wildman–Crippen MR) is 80.8 cm³/mol. The molecule has 0 saturated carbocycles. The van der Waals surface area contributed by atoms with E-state index in [0.717, 1.165) is 6.42 Å². The highest BCUT2D eigenvalue weighted by molar-refractivity contribution is 5.82. The highest BCUT2D eigenvalue weighted by Crippen LogP contribution is 2.12. The first-order valence-corrected chi connectivity index (χ1v) is 7.76. The van der Waals surface area contributed by atoms with Crippen LogP contribution in [0.2, 0.25) is 0 Å². The van der Waals surface area contributed by atoms with Crippen molar-refractivity contribution in [3.63, 3.8) is 0 Å². The van der Waals surface area contributed by atoms with Gasteiger partial charge in [0.25, 0.3) is 0 Å². The molecule has 0 aliphatic heterocycles. The van der Waals surface area contributed by atoms with Crippen LogP contribution in [0, 0.1) is 5.92 Å². The molecule has 18 heavy (non-hydrogen) atoms. The quantitative estimate of drug-likeness (QED) is 0.341. The summed E-state index contributed by atoms with van der Waals surface area (Å²) in [5.74, 6) is 0.537. The number of rotatable bonds is 11. The molecule has 0 atom stereocenters. The Hall–Kier alpha value is -0.590. The van der Waals surface area contributed by atoms with Gasteiger partial charge in [0.2, 0.25) is 0 Å². The van der Waals surface area contributed by atoms with Crippen LogP contribution in [0.15, 0.2) is 11.6 Å². The lowest BCUT2D eigenvalue weighted by molar-refractivity contribution is -0.121. The molecular weight excluding hydrogens is 220 g/mol. The molecule has 0 fully saturated rings. The molecular formula is C17H32O. The average Bonchev–Trinajstić information content (AvgIpc) is 2.32. The number of allylic oxidation sites excluding steroid dienone is 2. The van der Waals surface area contributed by atoms with E-state index in [4.69, 9.17) is 0 Å². The largest absolute Gasteiger partial charge is 0.299 e. The van der Waals surface area contributed by atoms with Gasteiger partial charge in [-0.3, -0.25) is 4.79 Å². The molecule has 0 spiro atoms. The first-order valence-electron chi connectivity index (χ1n) is 7.76. The first-order chi connectivity index (χ1) is 8.57. The van der Waals surface area contributed by atoms with Crippen molar-refractivity contribution < 1.29 is 4.79 Å². The zero-order chi connectivity index (χ0) is 13.8. The van der Waals surface area contributed by atoms with E-state index < -0.39 is 0 Å². The Labute approximate surface area is 114 Å². The van der Waals surface area contributed by atoms with E-state index in [1.807, 2.05) is 13.8 Å². The molecule has 0 aromatic heterocycles. The van der Waals surface area contributed by atoms with Crippen molar-refractivity contribution >= 4 is 5.78 Å². The minimum Gasteiger partial charge on any atom is -0.299 e. The van der Waals surface area contributed by atoms with Crippen molar-refractivity contribution in [1.29, 1.82) is 0 Å². The summed E-state index contributed by atoms with van der Waals surface area (Å²) in [6.45, 7) is 8.30. The molecule has 0 aromatic rings. The molecule has 0 saturated heterocycles. The van der Waals surface area contributed by atoms with E-state index in [0.29, 0.717) is 12.2 Å². The fraction of sp³-hybridized carbons (Fsp3) is 0.824. The molecule has 1 heteroatoms. The Morgan fingerprint density at radius 3 is 2.11 bits per heavy atom. The van der Waals surface area contributed by atoms with E-state index in [-0.39, 0.29) is 5.92 Å². The number of unbranched alkanes of at least 4 members (excludes halogenated alkanes) is 7. The summed E-state index contributed by atoms with van der Waals surface area (Å²) in [5, 5.41) is 0. The molecule has 0 heterocycles. The minimum atomic E-state index is 0.173. The maximum Gasteiger partial charge on any atom is 0.139 e. The van der Waals surface area contributed by atoms with Crippen molar-refractivity contribution in [3.05, 3.63) is 11.6 Å². The number of hydrogen-bond acceptors (Lipinski definition) is 1. The predicted octanol–water partition coefficient (Wildman–Crippen LogP) is 5.69. The van der Waals surface area contributed by atoms with Gasteiger partial charge in [0, 0.05) is 12.3 Å². The molecule has 106 valence electrons. The SMILES string of the molecule is CCCCCCCCCC=C(C)CC(=O)C(C)C. The summed E-state index contributed by atoms with van der Waals surface area (Å²) in [4.78, 5) is 11.5. The van der Waals surface area contributed by atoms with Crippen LogP contribution in [0.5, 0.6) is 0 Å². The van der Waals surface area contributed by atoms with E-state index in [1.54, 1.807) is 0 Å². The van der Waals surface area contributed by atoms with E-state index in [1.165, 1.54) is 50.5 Å². The molecule has 0 radical (unpaired) electrons. The molecule has 0 unspecified atom stereocenters. The first kappa shape index (κ1) is 17.4. The molecule has 1 nitrogen and oxygen atoms in total. The molecule has 0 N–H and O–H groups in total. The number of Topliss-reactive ketones (excluding diaryl/α,β-unsaturated/α-hetero) is 1. The lowest BCUT2D eigenvalue weighted by Crippen LogP contribution is -2.06. The number of carbonyl (C=O) groups is 1.